The highest BCUT2D eigenvalue weighted by Crippen LogP contribution is 2.32. The number of nitrogens with one attached hydrogen (secondary N) is 2. The van der Waals surface area contributed by atoms with E-state index in [1.807, 2.05) is 24.3 Å². The molecule has 1 fully saturated rings. The van der Waals surface area contributed by atoms with Crippen molar-refractivity contribution in [1.82, 2.24) is 10.6 Å². The third kappa shape index (κ3) is 7.30. The molecule has 0 radical (unpaired) electrons. The van der Waals surface area contributed by atoms with Crippen molar-refractivity contribution in [3.05, 3.63) is 58.6 Å². The summed E-state index contributed by atoms with van der Waals surface area (Å²) in [6.45, 7) is -0.345. The summed E-state index contributed by atoms with van der Waals surface area (Å²) in [5, 5.41) is 6.02. The molecule has 0 saturated heterocycles. The van der Waals surface area contributed by atoms with Crippen molar-refractivity contribution in [3.8, 4) is 0 Å². The lowest BCUT2D eigenvalue weighted by Gasteiger charge is -2.32. The number of carbonyl (C=O) groups excluding carboxylic acids is 2. The smallest absolute Gasteiger partial charge is 0.398 e. The highest BCUT2D eigenvalue weighted by atomic mass is 35.5. The minimum absolute atomic E-state index is 0.0263. The van der Waals surface area contributed by atoms with Crippen LogP contribution in [0, 0.1) is 5.92 Å². The first-order valence-electron chi connectivity index (χ1n) is 10.6. The summed E-state index contributed by atoms with van der Waals surface area (Å²) in [6, 6.07) is 10.1. The molecule has 5 nitrogen and oxygen atoms in total. The molecule has 4 N–H and O–H groups in total. The molecule has 2 atom stereocenters. The molecule has 178 valence electrons. The van der Waals surface area contributed by atoms with E-state index >= 15 is 0 Å². The monoisotopic (exact) mass is 499 g/mol. The Kier molecular flexibility index (Phi) is 8.53. The second-order valence-electron chi connectivity index (χ2n) is 7.97. The van der Waals surface area contributed by atoms with E-state index in [2.05, 4.69) is 10.6 Å². The quantitative estimate of drug-likeness (QED) is 0.364. The largest absolute Gasteiger partial charge is 0.416 e. The van der Waals surface area contributed by atoms with Crippen molar-refractivity contribution in [2.75, 3.05) is 18.0 Å². The van der Waals surface area contributed by atoms with Gasteiger partial charge in [0.25, 0.3) is 5.91 Å². The van der Waals surface area contributed by atoms with Gasteiger partial charge in [-0.2, -0.15) is 13.2 Å². The van der Waals surface area contributed by atoms with Crippen molar-refractivity contribution in [3.63, 3.8) is 0 Å². The highest BCUT2D eigenvalue weighted by molar-refractivity contribution is 7.99. The average molecular weight is 500 g/mol. The van der Waals surface area contributed by atoms with Gasteiger partial charge in [0.1, 0.15) is 0 Å². The van der Waals surface area contributed by atoms with Crippen molar-refractivity contribution in [2.45, 2.75) is 42.8 Å². The second-order valence-corrected chi connectivity index (χ2v) is 9.50. The molecule has 0 heterocycles. The molecule has 0 unspecified atom stereocenters. The summed E-state index contributed by atoms with van der Waals surface area (Å²) < 4.78 is 38.8. The van der Waals surface area contributed by atoms with Crippen LogP contribution in [0.5, 0.6) is 0 Å². The molecule has 0 bridgehead atoms. The zero-order valence-corrected chi connectivity index (χ0v) is 19.3. The Morgan fingerprint density at radius 2 is 1.79 bits per heavy atom. The van der Waals surface area contributed by atoms with Gasteiger partial charge >= 0.3 is 6.18 Å². The number of carbonyl (C=O) groups is 2. The summed E-state index contributed by atoms with van der Waals surface area (Å²) in [4.78, 5) is 25.9. The predicted octanol–water partition coefficient (Wildman–Crippen LogP) is 5.14. The Bertz CT molecular complexity index is 986. The number of nitrogen functional groups attached to an aromatic ring is 1. The van der Waals surface area contributed by atoms with E-state index in [1.54, 1.807) is 11.8 Å². The third-order valence-electron chi connectivity index (χ3n) is 5.57. The number of rotatable bonds is 7. The Morgan fingerprint density at radius 1 is 1.09 bits per heavy atom. The number of hydrogen-bond donors (Lipinski definition) is 3. The van der Waals surface area contributed by atoms with E-state index < -0.39 is 17.6 Å². The van der Waals surface area contributed by atoms with Crippen LogP contribution in [-0.4, -0.2) is 30.2 Å². The van der Waals surface area contributed by atoms with Gasteiger partial charge in [0.15, 0.2) is 0 Å². The molecule has 2 aromatic rings. The predicted molar refractivity (Wildman–Crippen MR) is 124 cm³/mol. The first-order chi connectivity index (χ1) is 15.6. The van der Waals surface area contributed by atoms with Gasteiger partial charge in [0.05, 0.1) is 17.7 Å². The summed E-state index contributed by atoms with van der Waals surface area (Å²) in [5.41, 5.74) is 4.28. The molecule has 33 heavy (non-hydrogen) atoms. The summed E-state index contributed by atoms with van der Waals surface area (Å²) in [5.74, 6) is -0.104. The van der Waals surface area contributed by atoms with Crippen LogP contribution in [0.4, 0.5) is 18.9 Å². The van der Waals surface area contributed by atoms with E-state index in [1.165, 1.54) is 0 Å². The third-order valence-corrected chi connectivity index (χ3v) is 7.02. The van der Waals surface area contributed by atoms with E-state index in [9.17, 15) is 22.8 Å². The molecular formula is C23H25ClF3N3O2S. The van der Waals surface area contributed by atoms with Crippen molar-refractivity contribution in [2.24, 2.45) is 5.92 Å². The van der Waals surface area contributed by atoms with E-state index in [-0.39, 0.29) is 35.7 Å². The maximum atomic E-state index is 12.9. The van der Waals surface area contributed by atoms with Crippen LogP contribution >= 0.6 is 23.4 Å². The lowest BCUT2D eigenvalue weighted by Crippen LogP contribution is -2.47. The maximum Gasteiger partial charge on any atom is 0.416 e. The lowest BCUT2D eigenvalue weighted by atomic mass is 9.86. The first kappa shape index (κ1) is 25.2. The van der Waals surface area contributed by atoms with Crippen LogP contribution in [0.15, 0.2) is 47.4 Å². The minimum atomic E-state index is -4.60. The van der Waals surface area contributed by atoms with Gasteiger partial charge in [-0.05, 0) is 61.2 Å². The van der Waals surface area contributed by atoms with Gasteiger partial charge in [0.2, 0.25) is 5.91 Å². The zero-order valence-electron chi connectivity index (χ0n) is 17.8. The van der Waals surface area contributed by atoms with Gasteiger partial charge in [-0.1, -0.05) is 24.4 Å². The Balaban J connectivity index is 1.53. The summed E-state index contributed by atoms with van der Waals surface area (Å²) >= 11 is 7.63. The molecule has 0 spiro atoms. The molecule has 1 aliphatic rings. The number of thioether (sulfide) groups is 1. The van der Waals surface area contributed by atoms with Crippen LogP contribution in [0.3, 0.4) is 0 Å². The SMILES string of the molecule is Nc1ccc(C(F)(F)F)cc1C(=O)NCC(=O)N[C@H]1CCCC[C@@H]1CSc1ccc(Cl)cc1. The number of nitrogens with two attached hydrogens (primary N) is 1. The van der Waals surface area contributed by atoms with Gasteiger partial charge in [-0.25, -0.2) is 0 Å². The number of benzene rings is 2. The number of hydrogen-bond acceptors (Lipinski definition) is 4. The van der Waals surface area contributed by atoms with Crippen molar-refractivity contribution >= 4 is 40.9 Å². The number of amides is 2. The van der Waals surface area contributed by atoms with Crippen molar-refractivity contribution < 1.29 is 22.8 Å². The van der Waals surface area contributed by atoms with Crippen molar-refractivity contribution in [1.29, 1.82) is 0 Å². The van der Waals surface area contributed by atoms with E-state index in [0.717, 1.165) is 48.5 Å². The van der Waals surface area contributed by atoms with E-state index in [4.69, 9.17) is 17.3 Å². The van der Waals surface area contributed by atoms with Crippen LogP contribution in [0.1, 0.15) is 41.6 Å². The topological polar surface area (TPSA) is 84.2 Å². The molecule has 2 aromatic carbocycles. The number of alkyl halides is 3. The zero-order chi connectivity index (χ0) is 24.0. The van der Waals surface area contributed by atoms with Crippen LogP contribution in [-0.2, 0) is 11.0 Å². The van der Waals surface area contributed by atoms with E-state index in [0.29, 0.717) is 11.1 Å². The Hall–Kier alpha value is -2.39. The fourth-order valence-electron chi connectivity index (χ4n) is 3.77. The molecule has 0 aromatic heterocycles. The molecule has 1 aliphatic carbocycles. The normalized spacial score (nSPS) is 18.5. The number of halogens is 4. The van der Waals surface area contributed by atoms with Gasteiger partial charge in [0, 0.05) is 27.4 Å². The molecule has 0 aliphatic heterocycles. The molecule has 2 amide bonds. The minimum Gasteiger partial charge on any atom is -0.398 e. The molecular weight excluding hydrogens is 475 g/mol. The van der Waals surface area contributed by atoms with Crippen LogP contribution < -0.4 is 16.4 Å². The molecule has 10 heteroatoms. The standard InChI is InChI=1S/C23H25ClF3N3O2S/c24-16-6-8-17(9-7-16)33-13-14-3-1-2-4-20(14)30-21(31)12-29-22(32)18-11-15(23(25,26)27)5-10-19(18)28/h5-11,14,20H,1-4,12-13,28H2,(H,29,32)(H,30,31)/t14-,20+/m1/s1. The fourth-order valence-corrected chi connectivity index (χ4v) is 5.03. The maximum absolute atomic E-state index is 12.9. The highest BCUT2D eigenvalue weighted by Gasteiger charge is 2.32. The molecule has 1 saturated carbocycles. The van der Waals surface area contributed by atoms with Crippen LogP contribution in [0.2, 0.25) is 5.02 Å². The first-order valence-corrected chi connectivity index (χ1v) is 11.9. The van der Waals surface area contributed by atoms with Gasteiger partial charge in [-0.15, -0.1) is 11.8 Å². The van der Waals surface area contributed by atoms with Gasteiger partial charge < -0.3 is 16.4 Å². The second kappa shape index (κ2) is 11.2. The molecule has 3 rings (SSSR count). The number of anilines is 1. The van der Waals surface area contributed by atoms with Crippen LogP contribution in [0.25, 0.3) is 0 Å². The Labute approximate surface area is 199 Å². The summed E-state index contributed by atoms with van der Waals surface area (Å²) in [6.07, 6.45) is -0.686. The summed E-state index contributed by atoms with van der Waals surface area (Å²) in [7, 11) is 0. The average Bonchev–Trinajstić information content (AvgIpc) is 2.77. The lowest BCUT2D eigenvalue weighted by molar-refractivity contribution is -0.137. The Morgan fingerprint density at radius 3 is 2.48 bits per heavy atom. The van der Waals surface area contributed by atoms with Gasteiger partial charge in [-0.3, -0.25) is 9.59 Å². The fraction of sp³-hybridized carbons (Fsp3) is 0.391.